The van der Waals surface area contributed by atoms with E-state index in [1.807, 2.05) is 6.92 Å². The third-order valence-electron chi connectivity index (χ3n) is 3.17. The van der Waals surface area contributed by atoms with Crippen LogP contribution in [0.5, 0.6) is 5.75 Å². The number of methoxy groups -OCH3 is 1. The molecule has 0 radical (unpaired) electrons. The summed E-state index contributed by atoms with van der Waals surface area (Å²) >= 11 is 0. The highest BCUT2D eigenvalue weighted by Gasteiger charge is 2.10. The van der Waals surface area contributed by atoms with Crippen LogP contribution in [0.3, 0.4) is 0 Å². The van der Waals surface area contributed by atoms with Gasteiger partial charge in [-0.3, -0.25) is 19.1 Å². The van der Waals surface area contributed by atoms with Crippen LogP contribution in [0.4, 0.5) is 0 Å². The van der Waals surface area contributed by atoms with Crippen LogP contribution >= 0.6 is 0 Å². The van der Waals surface area contributed by atoms with E-state index in [2.05, 4.69) is 4.98 Å². The Labute approximate surface area is 121 Å². The zero-order valence-electron chi connectivity index (χ0n) is 11.9. The van der Waals surface area contributed by atoms with E-state index in [0.29, 0.717) is 23.3 Å². The molecule has 110 valence electrons. The molecule has 1 aromatic heterocycles. The van der Waals surface area contributed by atoms with Crippen LogP contribution in [0.15, 0.2) is 40.1 Å². The van der Waals surface area contributed by atoms with Crippen molar-refractivity contribution < 1.29 is 9.53 Å². The summed E-state index contributed by atoms with van der Waals surface area (Å²) in [5, 5.41) is 0. The minimum absolute atomic E-state index is 0.129. The molecule has 0 fully saturated rings. The van der Waals surface area contributed by atoms with E-state index in [1.54, 1.807) is 24.3 Å². The van der Waals surface area contributed by atoms with Crippen molar-refractivity contribution in [2.75, 3.05) is 7.11 Å². The first-order valence-electron chi connectivity index (χ1n) is 6.55. The zero-order valence-corrected chi connectivity index (χ0v) is 11.9. The van der Waals surface area contributed by atoms with Gasteiger partial charge in [0, 0.05) is 17.3 Å². The Hall–Kier alpha value is -2.63. The first-order valence-corrected chi connectivity index (χ1v) is 6.55. The second-order valence-corrected chi connectivity index (χ2v) is 4.55. The van der Waals surface area contributed by atoms with Crippen LogP contribution in [0, 0.1) is 0 Å². The molecule has 6 nitrogen and oxygen atoms in total. The van der Waals surface area contributed by atoms with Crippen LogP contribution in [0.25, 0.3) is 0 Å². The van der Waals surface area contributed by atoms with Gasteiger partial charge in [0.15, 0.2) is 5.78 Å². The van der Waals surface area contributed by atoms with Gasteiger partial charge in [-0.2, -0.15) is 0 Å². The van der Waals surface area contributed by atoms with E-state index < -0.39 is 11.2 Å². The molecular weight excluding hydrogens is 272 g/mol. The molecule has 2 rings (SSSR count). The number of nitrogens with zero attached hydrogens (tertiary/aromatic N) is 1. The Bertz CT molecular complexity index is 774. The number of ketones is 1. The summed E-state index contributed by atoms with van der Waals surface area (Å²) in [5.74, 6) is 0.342. The Morgan fingerprint density at radius 3 is 2.76 bits per heavy atom. The van der Waals surface area contributed by atoms with E-state index >= 15 is 0 Å². The highest BCUT2D eigenvalue weighted by molar-refractivity contribution is 5.96. The maximum Gasteiger partial charge on any atom is 0.328 e. The lowest BCUT2D eigenvalue weighted by molar-refractivity contribution is 0.0970. The van der Waals surface area contributed by atoms with E-state index in [-0.39, 0.29) is 12.3 Å². The Morgan fingerprint density at radius 2 is 2.10 bits per heavy atom. The Morgan fingerprint density at radius 1 is 1.33 bits per heavy atom. The lowest BCUT2D eigenvalue weighted by atomic mass is 10.1. The fraction of sp³-hybridized carbons (Fsp3) is 0.267. The first-order chi connectivity index (χ1) is 10.0. The molecule has 1 heterocycles. The van der Waals surface area contributed by atoms with E-state index in [1.165, 1.54) is 17.9 Å². The molecule has 0 aliphatic rings. The molecule has 6 heteroatoms. The molecule has 0 atom stereocenters. The van der Waals surface area contributed by atoms with Crippen molar-refractivity contribution in [1.29, 1.82) is 0 Å². The molecule has 2 aromatic rings. The number of aromatic amines is 1. The molecular formula is C15H16N2O4. The molecule has 1 aromatic carbocycles. The first kappa shape index (κ1) is 14.8. The summed E-state index contributed by atoms with van der Waals surface area (Å²) in [7, 11) is 1.52. The number of aryl methyl sites for hydroxylation is 1. The van der Waals surface area contributed by atoms with Crippen molar-refractivity contribution in [2.24, 2.45) is 0 Å². The van der Waals surface area contributed by atoms with Gasteiger partial charge in [-0.1, -0.05) is 19.1 Å². The molecule has 1 N–H and O–H groups in total. The number of Topliss-reactive ketones (excluding diaryl/α,β-unsaturated/α-hetero) is 1. The molecule has 0 saturated heterocycles. The molecule has 0 amide bonds. The van der Waals surface area contributed by atoms with Crippen LogP contribution in [0.1, 0.15) is 22.8 Å². The fourth-order valence-corrected chi connectivity index (χ4v) is 1.97. The second-order valence-electron chi connectivity index (χ2n) is 4.55. The van der Waals surface area contributed by atoms with Crippen molar-refractivity contribution >= 4 is 5.78 Å². The fourth-order valence-electron chi connectivity index (χ4n) is 1.97. The average molecular weight is 288 g/mol. The van der Waals surface area contributed by atoms with E-state index in [9.17, 15) is 14.4 Å². The van der Waals surface area contributed by atoms with Gasteiger partial charge in [0.1, 0.15) is 5.75 Å². The minimum Gasteiger partial charge on any atom is -0.497 e. The molecule has 0 aliphatic heterocycles. The average Bonchev–Trinajstić information content (AvgIpc) is 2.50. The summed E-state index contributed by atoms with van der Waals surface area (Å²) in [6.45, 7) is 1.68. The number of carbonyl (C=O) groups is 1. The van der Waals surface area contributed by atoms with Crippen molar-refractivity contribution in [2.45, 2.75) is 19.9 Å². The Kier molecular flexibility index (Phi) is 4.37. The molecule has 0 spiro atoms. The lowest BCUT2D eigenvalue weighted by Gasteiger charge is -2.07. The third kappa shape index (κ3) is 3.28. The van der Waals surface area contributed by atoms with Crippen molar-refractivity contribution in [3.8, 4) is 5.75 Å². The zero-order chi connectivity index (χ0) is 15.4. The number of carbonyl (C=O) groups excluding carboxylic acids is 1. The largest absolute Gasteiger partial charge is 0.497 e. The number of aromatic nitrogens is 2. The minimum atomic E-state index is -0.589. The third-order valence-corrected chi connectivity index (χ3v) is 3.17. The van der Waals surface area contributed by atoms with Gasteiger partial charge in [-0.25, -0.2) is 4.79 Å². The molecule has 0 aliphatic carbocycles. The number of ether oxygens (including phenoxy) is 1. The Balaban J connectivity index is 2.31. The molecule has 0 unspecified atom stereocenters. The SMILES string of the molecule is CCc1cn(CC(=O)c2cccc(OC)c2)c(=O)[nH]c1=O. The summed E-state index contributed by atoms with van der Waals surface area (Å²) in [6.07, 6.45) is 1.92. The lowest BCUT2D eigenvalue weighted by Crippen LogP contribution is -2.33. The molecule has 21 heavy (non-hydrogen) atoms. The van der Waals surface area contributed by atoms with E-state index in [0.717, 1.165) is 0 Å². The normalized spacial score (nSPS) is 10.4. The van der Waals surface area contributed by atoms with Crippen LogP contribution in [-0.4, -0.2) is 22.4 Å². The van der Waals surface area contributed by atoms with Gasteiger partial charge in [-0.15, -0.1) is 0 Å². The smallest absolute Gasteiger partial charge is 0.328 e. The maximum absolute atomic E-state index is 12.2. The van der Waals surface area contributed by atoms with Gasteiger partial charge in [0.25, 0.3) is 5.56 Å². The van der Waals surface area contributed by atoms with Gasteiger partial charge in [-0.05, 0) is 18.6 Å². The number of hydrogen-bond donors (Lipinski definition) is 1. The maximum atomic E-state index is 12.2. The van der Waals surface area contributed by atoms with Crippen molar-refractivity contribution in [3.63, 3.8) is 0 Å². The van der Waals surface area contributed by atoms with Crippen molar-refractivity contribution in [1.82, 2.24) is 9.55 Å². The summed E-state index contributed by atoms with van der Waals surface area (Å²) in [6, 6.07) is 6.71. The van der Waals surface area contributed by atoms with Gasteiger partial charge >= 0.3 is 5.69 Å². The topological polar surface area (TPSA) is 81.2 Å². The quantitative estimate of drug-likeness (QED) is 0.832. The van der Waals surface area contributed by atoms with Gasteiger partial charge in [0.2, 0.25) is 0 Å². The van der Waals surface area contributed by atoms with Crippen LogP contribution < -0.4 is 16.0 Å². The van der Waals surface area contributed by atoms with Crippen LogP contribution in [0.2, 0.25) is 0 Å². The summed E-state index contributed by atoms with van der Waals surface area (Å²) in [5.41, 5.74) is -0.0837. The van der Waals surface area contributed by atoms with Gasteiger partial charge < -0.3 is 4.74 Å². The summed E-state index contributed by atoms with van der Waals surface area (Å²) in [4.78, 5) is 37.6. The number of hydrogen-bond acceptors (Lipinski definition) is 4. The number of rotatable bonds is 5. The van der Waals surface area contributed by atoms with Crippen LogP contribution in [-0.2, 0) is 13.0 Å². The van der Waals surface area contributed by atoms with E-state index in [4.69, 9.17) is 4.74 Å². The predicted molar refractivity (Wildman–Crippen MR) is 78.0 cm³/mol. The van der Waals surface area contributed by atoms with Crippen molar-refractivity contribution in [3.05, 3.63) is 62.4 Å². The standard InChI is InChI=1S/C15H16N2O4/c1-3-10-8-17(15(20)16-14(10)19)9-13(18)11-5-4-6-12(7-11)21-2/h4-8H,3,9H2,1-2H3,(H,16,19,20). The second kappa shape index (κ2) is 6.21. The van der Waals surface area contributed by atoms with Gasteiger partial charge in [0.05, 0.1) is 13.7 Å². The molecule has 0 bridgehead atoms. The molecule has 0 saturated carbocycles. The predicted octanol–water partition coefficient (Wildman–Crippen LogP) is 0.990. The number of H-pyrrole nitrogens is 1. The highest BCUT2D eigenvalue weighted by Crippen LogP contribution is 2.13. The number of nitrogens with one attached hydrogen (secondary N) is 1. The summed E-state index contributed by atoms with van der Waals surface area (Å²) < 4.78 is 6.27. The highest BCUT2D eigenvalue weighted by atomic mass is 16.5. The number of benzene rings is 1. The monoisotopic (exact) mass is 288 g/mol.